The molecular formula is C17H15NO. The zero-order valence-electron chi connectivity index (χ0n) is 10.6. The van der Waals surface area contributed by atoms with Crippen molar-refractivity contribution < 1.29 is 5.11 Å². The maximum absolute atomic E-state index is 11.0. The predicted octanol–water partition coefficient (Wildman–Crippen LogP) is 3.15. The van der Waals surface area contributed by atoms with E-state index in [2.05, 4.69) is 29.2 Å². The lowest BCUT2D eigenvalue weighted by Crippen LogP contribution is -2.26. The fourth-order valence-corrected chi connectivity index (χ4v) is 3.11. The number of nitrogens with one attached hydrogen (secondary N) is 1. The van der Waals surface area contributed by atoms with Crippen LogP contribution >= 0.6 is 0 Å². The molecule has 2 N–H and O–H groups in total. The zero-order chi connectivity index (χ0) is 12.9. The smallest absolute Gasteiger partial charge is 0.112 e. The summed E-state index contributed by atoms with van der Waals surface area (Å²) in [6.07, 6.45) is 1.38. The molecule has 2 heteroatoms. The van der Waals surface area contributed by atoms with E-state index in [4.69, 9.17) is 0 Å². The van der Waals surface area contributed by atoms with Crippen LogP contribution in [0.15, 0.2) is 54.6 Å². The number of fused-ring (bicyclic) bond motifs is 2. The molecule has 3 aromatic rings. The van der Waals surface area contributed by atoms with Gasteiger partial charge in [-0.25, -0.2) is 0 Å². The molecule has 4 rings (SSSR count). The van der Waals surface area contributed by atoms with Crippen LogP contribution in [-0.4, -0.2) is 10.1 Å². The molecule has 0 unspecified atom stereocenters. The Morgan fingerprint density at radius 1 is 0.895 bits per heavy atom. The third-order valence-corrected chi connectivity index (χ3v) is 4.12. The predicted molar refractivity (Wildman–Crippen MR) is 76.0 cm³/mol. The standard InChI is InChI=1S/C17H15NO/c19-17(10-13-6-1-2-7-14(13)11-17)16-9-12-5-3-4-8-15(12)18-16/h1-9,18-19H,10-11H2. The summed E-state index contributed by atoms with van der Waals surface area (Å²) >= 11 is 0. The Balaban J connectivity index is 1.81. The van der Waals surface area contributed by atoms with Crippen molar-refractivity contribution in [2.45, 2.75) is 18.4 Å². The third kappa shape index (κ3) is 1.60. The van der Waals surface area contributed by atoms with Gasteiger partial charge in [0.1, 0.15) is 5.60 Å². The van der Waals surface area contributed by atoms with Gasteiger partial charge >= 0.3 is 0 Å². The molecule has 19 heavy (non-hydrogen) atoms. The van der Waals surface area contributed by atoms with E-state index in [9.17, 15) is 5.11 Å². The highest BCUT2D eigenvalue weighted by atomic mass is 16.3. The van der Waals surface area contributed by atoms with E-state index in [-0.39, 0.29) is 0 Å². The summed E-state index contributed by atoms with van der Waals surface area (Å²) in [5.41, 5.74) is 3.72. The highest BCUT2D eigenvalue weighted by Gasteiger charge is 2.37. The second kappa shape index (κ2) is 3.72. The van der Waals surface area contributed by atoms with Crippen molar-refractivity contribution in [3.8, 4) is 0 Å². The molecule has 1 heterocycles. The van der Waals surface area contributed by atoms with E-state index in [1.807, 2.05) is 30.3 Å². The highest BCUT2D eigenvalue weighted by Crippen LogP contribution is 2.38. The fraction of sp³-hybridized carbons (Fsp3) is 0.176. The summed E-state index contributed by atoms with van der Waals surface area (Å²) in [4.78, 5) is 3.36. The Hall–Kier alpha value is -2.06. The van der Waals surface area contributed by atoms with Gasteiger partial charge < -0.3 is 10.1 Å². The largest absolute Gasteiger partial charge is 0.383 e. The van der Waals surface area contributed by atoms with Gasteiger partial charge in [-0.2, -0.15) is 0 Å². The Labute approximate surface area is 111 Å². The van der Waals surface area contributed by atoms with Crippen LogP contribution in [0.3, 0.4) is 0 Å². The van der Waals surface area contributed by atoms with E-state index in [1.165, 1.54) is 11.1 Å². The molecule has 0 atom stereocenters. The van der Waals surface area contributed by atoms with Gasteiger partial charge in [-0.3, -0.25) is 0 Å². The number of aromatic amines is 1. The van der Waals surface area contributed by atoms with Gasteiger partial charge in [0.25, 0.3) is 0 Å². The first kappa shape index (κ1) is 10.8. The van der Waals surface area contributed by atoms with E-state index in [1.54, 1.807) is 0 Å². The van der Waals surface area contributed by atoms with Gasteiger partial charge in [-0.15, -0.1) is 0 Å². The lowest BCUT2D eigenvalue weighted by molar-refractivity contribution is 0.0444. The summed E-state index contributed by atoms with van der Waals surface area (Å²) in [6, 6.07) is 18.5. The van der Waals surface area contributed by atoms with Crippen LogP contribution in [0.4, 0.5) is 0 Å². The number of hydrogen-bond donors (Lipinski definition) is 2. The normalized spacial score (nSPS) is 16.7. The first-order valence-corrected chi connectivity index (χ1v) is 6.62. The molecule has 2 nitrogen and oxygen atoms in total. The molecule has 1 aliphatic rings. The van der Waals surface area contributed by atoms with Crippen molar-refractivity contribution in [2.75, 3.05) is 0 Å². The molecule has 94 valence electrons. The van der Waals surface area contributed by atoms with Crippen LogP contribution in [-0.2, 0) is 18.4 Å². The lowest BCUT2D eigenvalue weighted by atomic mass is 9.96. The lowest BCUT2D eigenvalue weighted by Gasteiger charge is -2.20. The molecule has 0 fully saturated rings. The molecule has 0 spiro atoms. The third-order valence-electron chi connectivity index (χ3n) is 4.12. The van der Waals surface area contributed by atoms with Gasteiger partial charge in [0.2, 0.25) is 0 Å². The van der Waals surface area contributed by atoms with Crippen molar-refractivity contribution in [1.29, 1.82) is 0 Å². The second-order valence-corrected chi connectivity index (χ2v) is 5.42. The number of aliphatic hydroxyl groups is 1. The van der Waals surface area contributed by atoms with Crippen LogP contribution < -0.4 is 0 Å². The van der Waals surface area contributed by atoms with Crippen LogP contribution in [0.5, 0.6) is 0 Å². The van der Waals surface area contributed by atoms with Crippen molar-refractivity contribution in [3.63, 3.8) is 0 Å². The number of para-hydroxylation sites is 1. The van der Waals surface area contributed by atoms with Crippen LogP contribution in [0, 0.1) is 0 Å². The first-order chi connectivity index (χ1) is 9.24. The van der Waals surface area contributed by atoms with Crippen molar-refractivity contribution in [1.82, 2.24) is 4.98 Å². The van der Waals surface area contributed by atoms with Crippen molar-refractivity contribution in [3.05, 3.63) is 71.4 Å². The van der Waals surface area contributed by atoms with Crippen molar-refractivity contribution >= 4 is 10.9 Å². The average molecular weight is 249 g/mol. The molecule has 0 saturated heterocycles. The quantitative estimate of drug-likeness (QED) is 0.683. The number of benzene rings is 2. The maximum atomic E-state index is 11.0. The van der Waals surface area contributed by atoms with Gasteiger partial charge in [0.05, 0.1) is 0 Å². The van der Waals surface area contributed by atoms with Gasteiger partial charge in [0.15, 0.2) is 0 Å². The van der Waals surface area contributed by atoms with E-state index < -0.39 is 5.60 Å². The molecule has 0 saturated carbocycles. The van der Waals surface area contributed by atoms with Gasteiger partial charge in [0, 0.05) is 24.1 Å². The molecule has 1 aliphatic carbocycles. The molecule has 0 bridgehead atoms. The van der Waals surface area contributed by atoms with Gasteiger partial charge in [-0.05, 0) is 28.6 Å². The van der Waals surface area contributed by atoms with E-state index in [0.717, 1.165) is 16.6 Å². The summed E-state index contributed by atoms with van der Waals surface area (Å²) in [6.45, 7) is 0. The van der Waals surface area contributed by atoms with Crippen molar-refractivity contribution in [2.24, 2.45) is 0 Å². The molecule has 2 aromatic carbocycles. The Morgan fingerprint density at radius 3 is 2.21 bits per heavy atom. The monoisotopic (exact) mass is 249 g/mol. The first-order valence-electron chi connectivity index (χ1n) is 6.62. The summed E-state index contributed by atoms with van der Waals surface area (Å²) < 4.78 is 0. The Bertz CT molecular complexity index is 699. The van der Waals surface area contributed by atoms with Gasteiger partial charge in [-0.1, -0.05) is 42.5 Å². The number of H-pyrrole nitrogens is 1. The van der Waals surface area contributed by atoms with E-state index in [0.29, 0.717) is 12.8 Å². The topological polar surface area (TPSA) is 36.0 Å². The van der Waals surface area contributed by atoms with Crippen LogP contribution in [0.25, 0.3) is 10.9 Å². The molecule has 0 radical (unpaired) electrons. The SMILES string of the molecule is OC1(c2cc3ccccc3[nH]2)Cc2ccccc2C1. The highest BCUT2D eigenvalue weighted by molar-refractivity contribution is 5.80. The summed E-state index contributed by atoms with van der Waals surface area (Å²) in [5.74, 6) is 0. The Morgan fingerprint density at radius 2 is 1.53 bits per heavy atom. The molecule has 0 amide bonds. The molecule has 1 aromatic heterocycles. The van der Waals surface area contributed by atoms with E-state index >= 15 is 0 Å². The molecular weight excluding hydrogens is 234 g/mol. The maximum Gasteiger partial charge on any atom is 0.112 e. The minimum absolute atomic E-state index is 0.690. The fourth-order valence-electron chi connectivity index (χ4n) is 3.11. The second-order valence-electron chi connectivity index (χ2n) is 5.42. The minimum Gasteiger partial charge on any atom is -0.383 e. The Kier molecular flexibility index (Phi) is 2.12. The number of hydrogen-bond acceptors (Lipinski definition) is 1. The average Bonchev–Trinajstić information content (AvgIpc) is 2.98. The number of aromatic nitrogens is 1. The van der Waals surface area contributed by atoms with Crippen LogP contribution in [0.1, 0.15) is 16.8 Å². The number of rotatable bonds is 1. The summed E-state index contributed by atoms with van der Waals surface area (Å²) in [7, 11) is 0. The minimum atomic E-state index is -0.789. The molecule has 0 aliphatic heterocycles. The van der Waals surface area contributed by atoms with Crippen LogP contribution in [0.2, 0.25) is 0 Å². The zero-order valence-corrected chi connectivity index (χ0v) is 10.6. The summed E-state index contributed by atoms with van der Waals surface area (Å²) in [5, 5.41) is 12.1.